The lowest BCUT2D eigenvalue weighted by molar-refractivity contribution is 0.196. The minimum atomic E-state index is -1.94. The van der Waals surface area contributed by atoms with Crippen molar-refractivity contribution in [1.82, 2.24) is 0 Å². The van der Waals surface area contributed by atoms with Gasteiger partial charge in [-0.2, -0.15) is 0 Å². The van der Waals surface area contributed by atoms with E-state index in [1.807, 2.05) is 27.7 Å². The number of azo groups is 1. The Balaban J connectivity index is 4.86. The van der Waals surface area contributed by atoms with E-state index in [2.05, 4.69) is 51.8 Å². The van der Waals surface area contributed by atoms with Gasteiger partial charge in [-0.3, -0.25) is 0 Å². The van der Waals surface area contributed by atoms with Crippen LogP contribution in [0.4, 0.5) is 9.59 Å². The molecule has 24 heavy (non-hydrogen) atoms. The zero-order chi connectivity index (χ0) is 19.3. The third kappa shape index (κ3) is 8.18. The summed E-state index contributed by atoms with van der Waals surface area (Å²) < 4.78 is 11.0. The molecule has 0 atom stereocenters. The topological polar surface area (TPSA) is 77.3 Å². The van der Waals surface area contributed by atoms with Gasteiger partial charge in [0.1, 0.15) is 0 Å². The largest absolute Gasteiger partial charge is 0.503 e. The monoisotopic (exact) mass is 374 g/mol. The summed E-state index contributed by atoms with van der Waals surface area (Å²) in [5.74, 6) is 0. The van der Waals surface area contributed by atoms with E-state index >= 15 is 0 Å². The molecule has 0 saturated carbocycles. The van der Waals surface area contributed by atoms with Gasteiger partial charge in [-0.25, -0.2) is 9.59 Å². The van der Waals surface area contributed by atoms with Crippen molar-refractivity contribution in [1.29, 1.82) is 0 Å². The number of hydrogen-bond donors (Lipinski definition) is 0. The van der Waals surface area contributed by atoms with Gasteiger partial charge in [-0.15, -0.1) is 0 Å². The third-order valence-electron chi connectivity index (χ3n) is 3.56. The Morgan fingerprint density at radius 3 is 1.38 bits per heavy atom. The maximum Gasteiger partial charge on any atom is 0.438 e. The first-order chi connectivity index (χ1) is 10.7. The van der Waals surface area contributed by atoms with Crippen LogP contribution in [0.2, 0.25) is 21.2 Å². The molecule has 0 bridgehead atoms. The standard InChI is InChI=1S/C16H34N2O4Si2/c1-11(2)23(12(3)4)21-13(19)17-18-14(20)22-24(15(5,6)7)16(8,9)10/h11-12,23-24H,1-10H3. The molecule has 0 saturated heterocycles. The second kappa shape index (κ2) is 8.89. The van der Waals surface area contributed by atoms with Gasteiger partial charge in [0.15, 0.2) is 0 Å². The molecule has 0 aliphatic rings. The summed E-state index contributed by atoms with van der Waals surface area (Å²) in [7, 11) is -3.67. The van der Waals surface area contributed by atoms with Crippen LogP contribution in [-0.4, -0.2) is 30.3 Å². The average Bonchev–Trinajstić information content (AvgIpc) is 2.36. The Labute approximate surface area is 149 Å². The summed E-state index contributed by atoms with van der Waals surface area (Å²) in [6.45, 7) is 20.4. The molecule has 2 amide bonds. The smallest absolute Gasteiger partial charge is 0.438 e. The van der Waals surface area contributed by atoms with E-state index in [0.717, 1.165) is 0 Å². The molecule has 0 N–H and O–H groups in total. The van der Waals surface area contributed by atoms with Gasteiger partial charge in [0.05, 0.1) is 0 Å². The van der Waals surface area contributed by atoms with Crippen LogP contribution >= 0.6 is 0 Å². The average molecular weight is 375 g/mol. The zero-order valence-electron chi connectivity index (χ0n) is 16.8. The molecule has 0 fully saturated rings. The van der Waals surface area contributed by atoms with E-state index < -0.39 is 30.3 Å². The van der Waals surface area contributed by atoms with Crippen LogP contribution in [-0.2, 0) is 8.85 Å². The quantitative estimate of drug-likeness (QED) is 0.475. The Morgan fingerprint density at radius 1 is 0.750 bits per heavy atom. The second-order valence-corrected chi connectivity index (χ2v) is 17.3. The van der Waals surface area contributed by atoms with Crippen molar-refractivity contribution in [3.8, 4) is 0 Å². The lowest BCUT2D eigenvalue weighted by atomic mass is 10.2. The fourth-order valence-electron chi connectivity index (χ4n) is 3.04. The summed E-state index contributed by atoms with van der Waals surface area (Å²) >= 11 is 0. The number of carbonyl (C=O) groups is 2. The Morgan fingerprint density at radius 2 is 1.08 bits per heavy atom. The van der Waals surface area contributed by atoms with Crippen molar-refractivity contribution in [3.63, 3.8) is 0 Å². The number of carbonyl (C=O) groups excluding carboxylic acids is 2. The summed E-state index contributed by atoms with van der Waals surface area (Å²) in [5.41, 5.74) is 0.601. The van der Waals surface area contributed by atoms with Gasteiger partial charge < -0.3 is 8.85 Å². The molecule has 0 aromatic rings. The molecule has 8 heteroatoms. The van der Waals surface area contributed by atoms with Crippen LogP contribution in [0, 0.1) is 0 Å². The van der Waals surface area contributed by atoms with Gasteiger partial charge in [0.2, 0.25) is 9.04 Å². The molecule has 0 radical (unpaired) electrons. The second-order valence-electron chi connectivity index (χ2n) is 9.03. The van der Waals surface area contributed by atoms with Crippen molar-refractivity contribution < 1.29 is 18.4 Å². The highest BCUT2D eigenvalue weighted by molar-refractivity contribution is 6.60. The van der Waals surface area contributed by atoms with Gasteiger partial charge in [0, 0.05) is 0 Å². The molecule has 0 aromatic carbocycles. The minimum absolute atomic E-state index is 0.114. The van der Waals surface area contributed by atoms with Gasteiger partial charge >= 0.3 is 12.2 Å². The first kappa shape index (κ1) is 23.0. The number of rotatable bonds is 4. The van der Waals surface area contributed by atoms with Crippen LogP contribution in [0.5, 0.6) is 0 Å². The Kier molecular flexibility index (Phi) is 8.51. The van der Waals surface area contributed by atoms with E-state index in [9.17, 15) is 9.59 Å². The molecular formula is C16H34N2O4Si2. The minimum Gasteiger partial charge on any atom is -0.503 e. The summed E-state index contributed by atoms with van der Waals surface area (Å²) in [6.07, 6.45) is -1.60. The summed E-state index contributed by atoms with van der Waals surface area (Å²) in [4.78, 5) is 23.8. The number of amides is 2. The molecular weight excluding hydrogens is 340 g/mol. The van der Waals surface area contributed by atoms with Gasteiger partial charge in [-0.05, 0) is 21.2 Å². The zero-order valence-corrected chi connectivity index (χ0v) is 19.1. The first-order valence-corrected chi connectivity index (χ1v) is 11.9. The van der Waals surface area contributed by atoms with Crippen LogP contribution < -0.4 is 0 Å². The van der Waals surface area contributed by atoms with E-state index in [-0.39, 0.29) is 10.1 Å². The molecule has 0 aromatic heterocycles. The fraction of sp³-hybridized carbons (Fsp3) is 0.875. The lowest BCUT2D eigenvalue weighted by Gasteiger charge is -2.36. The Bertz CT molecular complexity index is 444. The lowest BCUT2D eigenvalue weighted by Crippen LogP contribution is -2.39. The predicted octanol–water partition coefficient (Wildman–Crippen LogP) is 5.58. The first-order valence-electron chi connectivity index (χ1n) is 8.49. The molecule has 0 aliphatic heterocycles. The van der Waals surface area contributed by atoms with Gasteiger partial charge in [0.25, 0.3) is 9.04 Å². The van der Waals surface area contributed by atoms with Gasteiger partial charge in [-0.1, -0.05) is 79.5 Å². The molecule has 6 nitrogen and oxygen atoms in total. The van der Waals surface area contributed by atoms with Crippen LogP contribution in [0.1, 0.15) is 69.2 Å². The maximum atomic E-state index is 12.0. The van der Waals surface area contributed by atoms with Crippen molar-refractivity contribution in [2.45, 2.75) is 90.4 Å². The van der Waals surface area contributed by atoms with E-state index in [1.165, 1.54) is 0 Å². The van der Waals surface area contributed by atoms with Crippen LogP contribution in [0.15, 0.2) is 10.2 Å². The predicted molar refractivity (Wildman–Crippen MR) is 102 cm³/mol. The highest BCUT2D eigenvalue weighted by Crippen LogP contribution is 2.42. The molecule has 0 spiro atoms. The van der Waals surface area contributed by atoms with Crippen molar-refractivity contribution >= 4 is 30.3 Å². The van der Waals surface area contributed by atoms with Crippen LogP contribution in [0.25, 0.3) is 0 Å². The van der Waals surface area contributed by atoms with E-state index in [1.54, 1.807) is 0 Å². The highest BCUT2D eigenvalue weighted by Gasteiger charge is 2.41. The fourth-order valence-corrected chi connectivity index (χ4v) is 8.96. The summed E-state index contributed by atoms with van der Waals surface area (Å²) in [5, 5.41) is 6.57. The van der Waals surface area contributed by atoms with Crippen molar-refractivity contribution in [2.75, 3.05) is 0 Å². The molecule has 140 valence electrons. The molecule has 0 rings (SSSR count). The molecule has 0 unspecified atom stereocenters. The number of hydrogen-bond acceptors (Lipinski definition) is 4. The normalized spacial score (nSPS) is 13.4. The third-order valence-corrected chi connectivity index (χ3v) is 10.2. The van der Waals surface area contributed by atoms with Crippen molar-refractivity contribution in [3.05, 3.63) is 0 Å². The highest BCUT2D eigenvalue weighted by atomic mass is 28.3. The number of nitrogens with zero attached hydrogens (tertiary/aromatic N) is 2. The Hall–Kier alpha value is -1.03. The van der Waals surface area contributed by atoms with E-state index in [0.29, 0.717) is 11.1 Å². The molecule has 0 aliphatic carbocycles. The van der Waals surface area contributed by atoms with E-state index in [4.69, 9.17) is 8.85 Å². The SMILES string of the molecule is CC(C)[SiH](OC(=O)N=NC(=O)O[SiH](C(C)(C)C)C(C)(C)C)C(C)C. The summed E-state index contributed by atoms with van der Waals surface area (Å²) in [6, 6.07) is 0. The maximum absolute atomic E-state index is 12.0. The van der Waals surface area contributed by atoms with Crippen molar-refractivity contribution in [2.24, 2.45) is 10.2 Å². The van der Waals surface area contributed by atoms with Crippen LogP contribution in [0.3, 0.4) is 0 Å². The molecule has 0 heterocycles.